The van der Waals surface area contributed by atoms with Crippen LogP contribution < -0.4 is 5.73 Å². The number of hydrogen-bond acceptors (Lipinski definition) is 4. The molecule has 5 heteroatoms. The van der Waals surface area contributed by atoms with Crippen molar-refractivity contribution in [2.45, 2.75) is 25.7 Å². The standard InChI is InChI=1S/C13H21NO3S/c1-10-8-11(2)13(12(3)9-10)18(15,16)7-6-17-5-4-14/h8-9H,4-7,14H2,1-3H3. The van der Waals surface area contributed by atoms with Gasteiger partial charge in [-0.25, -0.2) is 8.42 Å². The SMILES string of the molecule is Cc1cc(C)c(S(=O)(=O)CCOCCN)c(C)c1. The molecule has 18 heavy (non-hydrogen) atoms. The molecule has 0 spiro atoms. The summed E-state index contributed by atoms with van der Waals surface area (Å²) in [6.45, 7) is 6.60. The molecule has 1 aromatic rings. The van der Waals surface area contributed by atoms with Crippen molar-refractivity contribution >= 4 is 9.84 Å². The van der Waals surface area contributed by atoms with Gasteiger partial charge in [0.25, 0.3) is 0 Å². The van der Waals surface area contributed by atoms with Crippen molar-refractivity contribution < 1.29 is 13.2 Å². The molecule has 102 valence electrons. The van der Waals surface area contributed by atoms with E-state index in [1.807, 2.05) is 32.9 Å². The van der Waals surface area contributed by atoms with E-state index in [4.69, 9.17) is 10.5 Å². The molecule has 0 radical (unpaired) electrons. The molecule has 1 rings (SSSR count). The molecule has 2 N–H and O–H groups in total. The van der Waals surface area contributed by atoms with Crippen molar-refractivity contribution in [1.82, 2.24) is 0 Å². The fourth-order valence-corrected chi connectivity index (χ4v) is 3.75. The predicted octanol–water partition coefficient (Wildman–Crippen LogP) is 1.36. The summed E-state index contributed by atoms with van der Waals surface area (Å²) in [4.78, 5) is 0.435. The lowest BCUT2D eigenvalue weighted by molar-refractivity contribution is 0.157. The van der Waals surface area contributed by atoms with Crippen molar-refractivity contribution in [2.24, 2.45) is 5.73 Å². The van der Waals surface area contributed by atoms with Crippen LogP contribution in [0, 0.1) is 20.8 Å². The Balaban J connectivity index is 2.92. The topological polar surface area (TPSA) is 69.4 Å². The lowest BCUT2D eigenvalue weighted by atomic mass is 10.1. The van der Waals surface area contributed by atoms with Gasteiger partial charge in [0.2, 0.25) is 0 Å². The van der Waals surface area contributed by atoms with E-state index in [1.165, 1.54) is 0 Å². The molecular formula is C13H21NO3S. The maximum absolute atomic E-state index is 12.2. The minimum Gasteiger partial charge on any atom is -0.379 e. The monoisotopic (exact) mass is 271 g/mol. The van der Waals surface area contributed by atoms with Crippen LogP contribution in [0.1, 0.15) is 16.7 Å². The van der Waals surface area contributed by atoms with Crippen molar-refractivity contribution in [3.05, 3.63) is 28.8 Å². The van der Waals surface area contributed by atoms with Gasteiger partial charge in [-0.15, -0.1) is 0 Å². The van der Waals surface area contributed by atoms with Gasteiger partial charge in [0.1, 0.15) is 0 Å². The molecule has 4 nitrogen and oxygen atoms in total. The number of sulfone groups is 1. The van der Waals surface area contributed by atoms with Gasteiger partial charge in [-0.1, -0.05) is 17.7 Å². The van der Waals surface area contributed by atoms with E-state index >= 15 is 0 Å². The summed E-state index contributed by atoms with van der Waals surface area (Å²) in [5.41, 5.74) is 7.95. The van der Waals surface area contributed by atoms with Gasteiger partial charge >= 0.3 is 0 Å². The highest BCUT2D eigenvalue weighted by Crippen LogP contribution is 2.22. The molecule has 0 saturated heterocycles. The van der Waals surface area contributed by atoms with E-state index in [9.17, 15) is 8.42 Å². The zero-order valence-corrected chi connectivity index (χ0v) is 12.0. The summed E-state index contributed by atoms with van der Waals surface area (Å²) in [5, 5.41) is 0. The molecule has 0 aliphatic rings. The number of aryl methyl sites for hydroxylation is 3. The number of ether oxygens (including phenoxy) is 1. The van der Waals surface area contributed by atoms with E-state index in [-0.39, 0.29) is 12.4 Å². The first-order chi connectivity index (χ1) is 8.38. The summed E-state index contributed by atoms with van der Waals surface area (Å²) in [6.07, 6.45) is 0. The fourth-order valence-electron chi connectivity index (χ4n) is 2.11. The third-order valence-corrected chi connectivity index (χ3v) is 4.64. The second kappa shape index (κ2) is 6.31. The van der Waals surface area contributed by atoms with Crippen molar-refractivity contribution in [1.29, 1.82) is 0 Å². The van der Waals surface area contributed by atoms with Crippen LogP contribution >= 0.6 is 0 Å². The second-order valence-electron chi connectivity index (χ2n) is 4.45. The Hall–Kier alpha value is -0.910. The number of hydrogen-bond donors (Lipinski definition) is 1. The summed E-state index contributed by atoms with van der Waals surface area (Å²) < 4.78 is 29.6. The molecule has 0 heterocycles. The second-order valence-corrected chi connectivity index (χ2v) is 6.49. The van der Waals surface area contributed by atoms with Crippen molar-refractivity contribution in [3.63, 3.8) is 0 Å². The van der Waals surface area contributed by atoms with E-state index in [0.29, 0.717) is 18.0 Å². The van der Waals surface area contributed by atoms with E-state index in [1.54, 1.807) is 0 Å². The van der Waals surface area contributed by atoms with Crippen LogP contribution in [0.5, 0.6) is 0 Å². The third kappa shape index (κ3) is 3.80. The smallest absolute Gasteiger partial charge is 0.181 e. The Bertz CT molecular complexity index is 486. The molecule has 0 atom stereocenters. The molecule has 0 aromatic heterocycles. The zero-order valence-electron chi connectivity index (χ0n) is 11.2. The lowest BCUT2D eigenvalue weighted by Gasteiger charge is -2.12. The maximum Gasteiger partial charge on any atom is 0.181 e. The zero-order chi connectivity index (χ0) is 13.8. The van der Waals surface area contributed by atoms with Gasteiger partial charge in [-0.2, -0.15) is 0 Å². The number of nitrogens with two attached hydrogens (primary N) is 1. The van der Waals surface area contributed by atoms with Crippen LogP contribution in [0.15, 0.2) is 17.0 Å². The average molecular weight is 271 g/mol. The maximum atomic E-state index is 12.2. The van der Waals surface area contributed by atoms with Gasteiger partial charge in [-0.3, -0.25) is 0 Å². The minimum atomic E-state index is -3.28. The Morgan fingerprint density at radius 3 is 2.17 bits per heavy atom. The lowest BCUT2D eigenvalue weighted by Crippen LogP contribution is -2.17. The summed E-state index contributed by atoms with van der Waals surface area (Å²) in [6, 6.07) is 3.78. The van der Waals surface area contributed by atoms with Gasteiger partial charge in [0, 0.05) is 6.54 Å². The first-order valence-corrected chi connectivity index (χ1v) is 7.62. The number of benzene rings is 1. The largest absolute Gasteiger partial charge is 0.379 e. The normalized spacial score (nSPS) is 11.8. The predicted molar refractivity (Wildman–Crippen MR) is 72.6 cm³/mol. The van der Waals surface area contributed by atoms with Crippen LogP contribution in [-0.4, -0.2) is 33.9 Å². The van der Waals surface area contributed by atoms with Crippen LogP contribution in [0.2, 0.25) is 0 Å². The Kier molecular flexibility index (Phi) is 5.31. The minimum absolute atomic E-state index is 0.00224. The first kappa shape index (κ1) is 15.1. The summed E-state index contributed by atoms with van der Waals surface area (Å²) >= 11 is 0. The molecule has 0 unspecified atom stereocenters. The van der Waals surface area contributed by atoms with Crippen LogP contribution in [0.4, 0.5) is 0 Å². The molecule has 0 saturated carbocycles. The molecule has 1 aromatic carbocycles. The number of rotatable bonds is 6. The van der Waals surface area contributed by atoms with Gasteiger partial charge in [0.05, 0.1) is 23.9 Å². The van der Waals surface area contributed by atoms with Crippen molar-refractivity contribution in [3.8, 4) is 0 Å². The first-order valence-electron chi connectivity index (χ1n) is 5.97. The van der Waals surface area contributed by atoms with Crippen LogP contribution in [0.25, 0.3) is 0 Å². The van der Waals surface area contributed by atoms with Crippen LogP contribution in [0.3, 0.4) is 0 Å². The molecule has 0 fully saturated rings. The molecule has 0 amide bonds. The highest BCUT2D eigenvalue weighted by atomic mass is 32.2. The third-order valence-electron chi connectivity index (χ3n) is 2.67. The highest BCUT2D eigenvalue weighted by molar-refractivity contribution is 7.91. The molecule has 0 bridgehead atoms. The van der Waals surface area contributed by atoms with E-state index < -0.39 is 9.84 Å². The van der Waals surface area contributed by atoms with E-state index in [0.717, 1.165) is 16.7 Å². The summed E-state index contributed by atoms with van der Waals surface area (Å²) in [5.74, 6) is -0.00224. The Labute approximate surface area is 109 Å². The van der Waals surface area contributed by atoms with Gasteiger partial charge < -0.3 is 10.5 Å². The van der Waals surface area contributed by atoms with Gasteiger partial charge in [0.15, 0.2) is 9.84 Å². The fraction of sp³-hybridized carbons (Fsp3) is 0.538. The Morgan fingerprint density at radius 1 is 1.11 bits per heavy atom. The highest BCUT2D eigenvalue weighted by Gasteiger charge is 2.19. The van der Waals surface area contributed by atoms with E-state index in [2.05, 4.69) is 0 Å². The molecular weight excluding hydrogens is 250 g/mol. The quantitative estimate of drug-likeness (QED) is 0.793. The van der Waals surface area contributed by atoms with Crippen LogP contribution in [-0.2, 0) is 14.6 Å². The molecule has 0 aliphatic heterocycles. The molecule has 0 aliphatic carbocycles. The van der Waals surface area contributed by atoms with Crippen molar-refractivity contribution in [2.75, 3.05) is 25.5 Å². The summed E-state index contributed by atoms with van der Waals surface area (Å²) in [7, 11) is -3.28. The average Bonchev–Trinajstić information content (AvgIpc) is 2.22. The van der Waals surface area contributed by atoms with Gasteiger partial charge in [-0.05, 0) is 31.9 Å². The Morgan fingerprint density at radius 2 is 1.67 bits per heavy atom.